The summed E-state index contributed by atoms with van der Waals surface area (Å²) in [5.41, 5.74) is 3.28. The van der Waals surface area contributed by atoms with Crippen LogP contribution in [0.3, 0.4) is 0 Å². The van der Waals surface area contributed by atoms with E-state index in [9.17, 15) is 0 Å². The van der Waals surface area contributed by atoms with Crippen molar-refractivity contribution in [3.05, 3.63) is 35.6 Å². The summed E-state index contributed by atoms with van der Waals surface area (Å²) in [6.07, 6.45) is 15.1. The second-order valence-electron chi connectivity index (χ2n) is 6.40. The molecule has 0 aromatic rings. The van der Waals surface area contributed by atoms with Crippen molar-refractivity contribution in [3.8, 4) is 0 Å². The first-order chi connectivity index (χ1) is 8.08. The van der Waals surface area contributed by atoms with Crippen molar-refractivity contribution in [2.45, 2.75) is 45.6 Å². The van der Waals surface area contributed by atoms with Crippen LogP contribution in [0, 0.1) is 11.3 Å². The molecule has 0 amide bonds. The van der Waals surface area contributed by atoms with Crippen molar-refractivity contribution in [1.82, 2.24) is 4.90 Å². The van der Waals surface area contributed by atoms with E-state index < -0.39 is 0 Å². The highest BCUT2D eigenvalue weighted by Gasteiger charge is 2.38. The first-order valence-corrected chi connectivity index (χ1v) is 6.94. The fraction of sp³-hybridized carbons (Fsp3) is 0.625. The molecule has 0 saturated heterocycles. The van der Waals surface area contributed by atoms with Crippen molar-refractivity contribution in [3.63, 3.8) is 0 Å². The fourth-order valence-corrected chi connectivity index (χ4v) is 3.59. The SMILES string of the molecule is CN1C2=C(C=CC(C)(C)C=C2)C2CCCCC21. The lowest BCUT2D eigenvalue weighted by atomic mass is 9.81. The molecule has 0 N–H and O–H groups in total. The lowest BCUT2D eigenvalue weighted by Gasteiger charge is -2.32. The molecule has 1 heteroatoms. The molecule has 2 atom stereocenters. The molecule has 17 heavy (non-hydrogen) atoms. The maximum Gasteiger partial charge on any atom is 0.0399 e. The molecule has 0 radical (unpaired) electrons. The Kier molecular flexibility index (Phi) is 2.46. The second-order valence-corrected chi connectivity index (χ2v) is 6.40. The molecule has 0 aromatic carbocycles. The van der Waals surface area contributed by atoms with Gasteiger partial charge in [0.2, 0.25) is 0 Å². The Morgan fingerprint density at radius 3 is 2.65 bits per heavy atom. The van der Waals surface area contributed by atoms with Gasteiger partial charge in [0.1, 0.15) is 0 Å². The summed E-state index contributed by atoms with van der Waals surface area (Å²) in [6, 6.07) is 0.768. The van der Waals surface area contributed by atoms with Crippen LogP contribution in [-0.2, 0) is 0 Å². The minimum atomic E-state index is 0.204. The zero-order chi connectivity index (χ0) is 12.0. The molecule has 1 fully saturated rings. The lowest BCUT2D eigenvalue weighted by Crippen LogP contribution is -2.33. The van der Waals surface area contributed by atoms with Crippen LogP contribution < -0.4 is 0 Å². The summed E-state index contributed by atoms with van der Waals surface area (Å²) in [7, 11) is 2.28. The van der Waals surface area contributed by atoms with E-state index in [0.717, 1.165) is 12.0 Å². The first-order valence-electron chi connectivity index (χ1n) is 6.94. The smallest absolute Gasteiger partial charge is 0.0399 e. The summed E-state index contributed by atoms with van der Waals surface area (Å²) < 4.78 is 0. The predicted molar refractivity (Wildman–Crippen MR) is 72.6 cm³/mol. The molecule has 0 spiro atoms. The van der Waals surface area contributed by atoms with Crippen LogP contribution in [0.15, 0.2) is 35.6 Å². The van der Waals surface area contributed by atoms with Gasteiger partial charge in [0.05, 0.1) is 0 Å². The largest absolute Gasteiger partial charge is 0.371 e. The predicted octanol–water partition coefficient (Wildman–Crippen LogP) is 3.90. The van der Waals surface area contributed by atoms with Gasteiger partial charge in [-0.3, -0.25) is 0 Å². The highest BCUT2D eigenvalue weighted by atomic mass is 15.2. The molecule has 1 saturated carbocycles. The van der Waals surface area contributed by atoms with Crippen LogP contribution in [-0.4, -0.2) is 18.0 Å². The third-order valence-electron chi connectivity index (χ3n) is 4.67. The van der Waals surface area contributed by atoms with Crippen molar-refractivity contribution < 1.29 is 0 Å². The van der Waals surface area contributed by atoms with Crippen molar-refractivity contribution in [1.29, 1.82) is 0 Å². The lowest BCUT2D eigenvalue weighted by molar-refractivity contribution is 0.223. The molecule has 1 heterocycles. The zero-order valence-electron chi connectivity index (χ0n) is 11.2. The van der Waals surface area contributed by atoms with Crippen LogP contribution in [0.5, 0.6) is 0 Å². The van der Waals surface area contributed by atoms with Crippen molar-refractivity contribution in [2.24, 2.45) is 11.3 Å². The third kappa shape index (κ3) is 1.76. The van der Waals surface area contributed by atoms with Crippen LogP contribution in [0.1, 0.15) is 39.5 Å². The summed E-state index contributed by atoms with van der Waals surface area (Å²) in [5, 5.41) is 0. The van der Waals surface area contributed by atoms with E-state index in [0.29, 0.717) is 0 Å². The molecule has 1 aliphatic heterocycles. The topological polar surface area (TPSA) is 3.24 Å². The molecule has 2 aliphatic carbocycles. The summed E-state index contributed by atoms with van der Waals surface area (Å²) in [4.78, 5) is 2.53. The van der Waals surface area contributed by atoms with Crippen molar-refractivity contribution in [2.75, 3.05) is 7.05 Å². The second kappa shape index (κ2) is 3.76. The summed E-state index contributed by atoms with van der Waals surface area (Å²) in [5.74, 6) is 0.790. The Hall–Kier alpha value is -0.980. The molecule has 1 nitrogen and oxygen atoms in total. The molecular formula is C16H23N. The standard InChI is InChI=1S/C16H23N/c1-16(2)10-8-13-12-6-4-5-7-14(12)17(3)15(13)9-11-16/h8-12,14H,4-7H2,1-3H3. The molecule has 92 valence electrons. The van der Waals surface area contributed by atoms with E-state index in [4.69, 9.17) is 0 Å². The van der Waals surface area contributed by atoms with E-state index >= 15 is 0 Å². The van der Waals surface area contributed by atoms with Gasteiger partial charge in [-0.25, -0.2) is 0 Å². The van der Waals surface area contributed by atoms with Gasteiger partial charge in [-0.2, -0.15) is 0 Å². The summed E-state index contributed by atoms with van der Waals surface area (Å²) >= 11 is 0. The van der Waals surface area contributed by atoms with Gasteiger partial charge < -0.3 is 4.90 Å². The van der Waals surface area contributed by atoms with Crippen LogP contribution >= 0.6 is 0 Å². The van der Waals surface area contributed by atoms with Crippen LogP contribution in [0.2, 0.25) is 0 Å². The van der Waals surface area contributed by atoms with E-state index in [1.54, 1.807) is 5.57 Å². The maximum atomic E-state index is 2.53. The number of hydrogen-bond acceptors (Lipinski definition) is 1. The number of fused-ring (bicyclic) bond motifs is 2. The van der Waals surface area contributed by atoms with E-state index in [-0.39, 0.29) is 5.41 Å². The highest BCUT2D eigenvalue weighted by Crippen LogP contribution is 2.44. The van der Waals surface area contributed by atoms with Gasteiger partial charge >= 0.3 is 0 Å². The average molecular weight is 229 g/mol. The van der Waals surface area contributed by atoms with E-state index in [2.05, 4.69) is 50.1 Å². The molecular weight excluding hydrogens is 206 g/mol. The highest BCUT2D eigenvalue weighted by molar-refractivity contribution is 5.43. The number of likely N-dealkylation sites (N-methyl/N-ethyl adjacent to an activating group) is 1. The van der Waals surface area contributed by atoms with Gasteiger partial charge in [-0.15, -0.1) is 0 Å². The number of rotatable bonds is 0. The monoisotopic (exact) mass is 229 g/mol. The summed E-state index contributed by atoms with van der Waals surface area (Å²) in [6.45, 7) is 4.56. The molecule has 3 rings (SSSR count). The normalized spacial score (nSPS) is 34.6. The quantitative estimate of drug-likeness (QED) is 0.609. The Balaban J connectivity index is 1.99. The Morgan fingerprint density at radius 1 is 1.12 bits per heavy atom. The van der Waals surface area contributed by atoms with Gasteiger partial charge in [0.25, 0.3) is 0 Å². The Labute approximate surface area is 105 Å². The molecule has 3 aliphatic rings. The Bertz CT molecular complexity index is 411. The maximum absolute atomic E-state index is 2.53. The molecule has 0 aromatic heterocycles. The minimum Gasteiger partial charge on any atom is -0.371 e. The third-order valence-corrected chi connectivity index (χ3v) is 4.67. The van der Waals surface area contributed by atoms with Gasteiger partial charge in [-0.1, -0.05) is 44.9 Å². The number of allylic oxidation sites excluding steroid dienone is 4. The minimum absolute atomic E-state index is 0.204. The average Bonchev–Trinajstić information content (AvgIpc) is 2.46. The first kappa shape index (κ1) is 11.1. The number of hydrogen-bond donors (Lipinski definition) is 0. The Morgan fingerprint density at radius 2 is 1.82 bits per heavy atom. The fourth-order valence-electron chi connectivity index (χ4n) is 3.59. The van der Waals surface area contributed by atoms with Crippen LogP contribution in [0.25, 0.3) is 0 Å². The van der Waals surface area contributed by atoms with Gasteiger partial charge in [0.15, 0.2) is 0 Å². The van der Waals surface area contributed by atoms with E-state index in [1.165, 1.54) is 31.4 Å². The number of nitrogens with zero attached hydrogens (tertiary/aromatic N) is 1. The van der Waals surface area contributed by atoms with Crippen molar-refractivity contribution >= 4 is 0 Å². The zero-order valence-corrected chi connectivity index (χ0v) is 11.2. The van der Waals surface area contributed by atoms with E-state index in [1.807, 2.05) is 0 Å². The molecule has 2 unspecified atom stereocenters. The molecule has 0 bridgehead atoms. The van der Waals surface area contributed by atoms with Gasteiger partial charge in [0, 0.05) is 30.1 Å². The van der Waals surface area contributed by atoms with Gasteiger partial charge in [-0.05, 0) is 24.5 Å². The van der Waals surface area contributed by atoms with Crippen LogP contribution in [0.4, 0.5) is 0 Å².